The standard InChI is InChI=1S/C23H18ClF4NO3S/c1-29(33-17-6-4-16(25)5-7-17)12-14-2-9-21(32-13-22(30)31)19(10-14)18-11-15(23(26,27)28)3-8-20(18)24/h2-11H,12-13H2,1H3,(H,30,31). The highest BCUT2D eigenvalue weighted by molar-refractivity contribution is 7.97. The maximum atomic E-state index is 13.3. The number of carboxylic acids is 1. The van der Waals surface area contributed by atoms with Crippen LogP contribution in [-0.4, -0.2) is 29.0 Å². The number of ether oxygens (including phenoxy) is 1. The van der Waals surface area contributed by atoms with E-state index in [2.05, 4.69) is 0 Å². The van der Waals surface area contributed by atoms with Gasteiger partial charge in [-0.25, -0.2) is 13.5 Å². The molecule has 0 radical (unpaired) electrons. The summed E-state index contributed by atoms with van der Waals surface area (Å²) in [5, 5.41) is 9.00. The Hall–Kier alpha value is -2.75. The smallest absolute Gasteiger partial charge is 0.416 e. The number of aliphatic carboxylic acids is 1. The van der Waals surface area contributed by atoms with Crippen molar-refractivity contribution >= 4 is 29.5 Å². The Bertz CT molecular complexity index is 1140. The first-order valence-corrected chi connectivity index (χ1v) is 10.7. The van der Waals surface area contributed by atoms with E-state index in [1.807, 2.05) is 4.31 Å². The molecule has 10 heteroatoms. The molecule has 0 amide bonds. The Labute approximate surface area is 196 Å². The Morgan fingerprint density at radius 2 is 1.76 bits per heavy atom. The number of alkyl halides is 3. The lowest BCUT2D eigenvalue weighted by Gasteiger charge is -2.18. The quantitative estimate of drug-likeness (QED) is 0.274. The molecule has 0 aromatic heterocycles. The van der Waals surface area contributed by atoms with Crippen LogP contribution in [0.25, 0.3) is 11.1 Å². The topological polar surface area (TPSA) is 49.8 Å². The maximum Gasteiger partial charge on any atom is 0.416 e. The Morgan fingerprint density at radius 1 is 1.06 bits per heavy atom. The van der Waals surface area contributed by atoms with E-state index < -0.39 is 24.3 Å². The third-order valence-corrected chi connectivity index (χ3v) is 5.71. The van der Waals surface area contributed by atoms with Gasteiger partial charge in [-0.05, 0) is 79.2 Å². The number of benzene rings is 3. The summed E-state index contributed by atoms with van der Waals surface area (Å²) in [4.78, 5) is 11.8. The van der Waals surface area contributed by atoms with Crippen molar-refractivity contribution in [2.24, 2.45) is 0 Å². The first kappa shape index (κ1) is 24.9. The van der Waals surface area contributed by atoms with E-state index in [0.29, 0.717) is 6.54 Å². The lowest BCUT2D eigenvalue weighted by Crippen LogP contribution is -2.11. The maximum absolute atomic E-state index is 13.3. The van der Waals surface area contributed by atoms with E-state index in [0.717, 1.165) is 28.7 Å². The highest BCUT2D eigenvalue weighted by Gasteiger charge is 2.31. The van der Waals surface area contributed by atoms with E-state index >= 15 is 0 Å². The van der Waals surface area contributed by atoms with Crippen LogP contribution in [0.3, 0.4) is 0 Å². The van der Waals surface area contributed by atoms with E-state index in [-0.39, 0.29) is 27.7 Å². The fourth-order valence-corrected chi connectivity index (χ4v) is 4.07. The predicted octanol–water partition coefficient (Wildman–Crippen LogP) is 6.77. The molecule has 0 aliphatic heterocycles. The van der Waals surface area contributed by atoms with Crippen molar-refractivity contribution in [3.05, 3.63) is 82.6 Å². The van der Waals surface area contributed by atoms with Crippen LogP contribution in [0, 0.1) is 5.82 Å². The van der Waals surface area contributed by atoms with Gasteiger partial charge in [0, 0.05) is 27.6 Å². The van der Waals surface area contributed by atoms with Crippen molar-refractivity contribution in [2.45, 2.75) is 17.6 Å². The predicted molar refractivity (Wildman–Crippen MR) is 119 cm³/mol. The second kappa shape index (κ2) is 10.5. The summed E-state index contributed by atoms with van der Waals surface area (Å²) in [5.74, 6) is -1.48. The van der Waals surface area contributed by atoms with E-state index in [4.69, 9.17) is 21.4 Å². The first-order valence-electron chi connectivity index (χ1n) is 9.52. The zero-order valence-electron chi connectivity index (χ0n) is 17.2. The number of halogens is 5. The molecule has 0 spiro atoms. The van der Waals surface area contributed by atoms with Crippen LogP contribution in [0.5, 0.6) is 5.75 Å². The van der Waals surface area contributed by atoms with Crippen molar-refractivity contribution in [3.63, 3.8) is 0 Å². The number of hydrogen-bond acceptors (Lipinski definition) is 4. The molecule has 0 saturated carbocycles. The molecule has 0 atom stereocenters. The third-order valence-electron chi connectivity index (χ3n) is 4.46. The summed E-state index contributed by atoms with van der Waals surface area (Å²) in [5.41, 5.74) is 0.145. The van der Waals surface area contributed by atoms with Gasteiger partial charge in [-0.15, -0.1) is 0 Å². The first-order chi connectivity index (χ1) is 15.5. The van der Waals surface area contributed by atoms with Crippen LogP contribution in [0.4, 0.5) is 17.6 Å². The largest absolute Gasteiger partial charge is 0.481 e. The van der Waals surface area contributed by atoms with Gasteiger partial charge in [0.05, 0.1) is 5.56 Å². The molecule has 0 unspecified atom stereocenters. The number of nitrogens with zero attached hydrogens (tertiary/aromatic N) is 1. The molecule has 0 aliphatic rings. The van der Waals surface area contributed by atoms with Gasteiger partial charge in [-0.3, -0.25) is 0 Å². The molecule has 3 aromatic carbocycles. The molecule has 0 bridgehead atoms. The molecule has 3 rings (SSSR count). The van der Waals surface area contributed by atoms with Crippen molar-refractivity contribution in [2.75, 3.05) is 13.7 Å². The van der Waals surface area contributed by atoms with Crippen molar-refractivity contribution in [1.29, 1.82) is 0 Å². The summed E-state index contributed by atoms with van der Waals surface area (Å²) in [6.07, 6.45) is -4.58. The van der Waals surface area contributed by atoms with E-state index in [9.17, 15) is 22.4 Å². The van der Waals surface area contributed by atoms with Gasteiger partial charge in [0.1, 0.15) is 11.6 Å². The van der Waals surface area contributed by atoms with Crippen molar-refractivity contribution in [3.8, 4) is 16.9 Å². The van der Waals surface area contributed by atoms with Crippen LogP contribution >= 0.6 is 23.5 Å². The number of hydrogen-bond donors (Lipinski definition) is 1. The van der Waals surface area contributed by atoms with Crippen molar-refractivity contribution in [1.82, 2.24) is 4.31 Å². The molecule has 174 valence electrons. The zero-order valence-corrected chi connectivity index (χ0v) is 18.8. The second-order valence-electron chi connectivity index (χ2n) is 7.04. The summed E-state index contributed by atoms with van der Waals surface area (Å²) in [6.45, 7) is -0.284. The number of rotatable bonds is 8. The Morgan fingerprint density at radius 3 is 2.39 bits per heavy atom. The molecule has 3 aromatic rings. The van der Waals surface area contributed by atoms with Crippen molar-refractivity contribution < 1.29 is 32.2 Å². The third kappa shape index (κ3) is 6.86. The molecule has 0 aliphatic carbocycles. The average Bonchev–Trinajstić information content (AvgIpc) is 2.74. The monoisotopic (exact) mass is 499 g/mol. The minimum absolute atomic E-state index is 0.0642. The summed E-state index contributed by atoms with van der Waals surface area (Å²) < 4.78 is 60.1. The number of carbonyl (C=O) groups is 1. The van der Waals surface area contributed by atoms with Gasteiger partial charge in [0.2, 0.25) is 0 Å². The molecule has 4 nitrogen and oxygen atoms in total. The fourth-order valence-electron chi connectivity index (χ4n) is 3.02. The fraction of sp³-hybridized carbons (Fsp3) is 0.174. The van der Waals surface area contributed by atoms with Gasteiger partial charge in [-0.2, -0.15) is 13.2 Å². The Balaban J connectivity index is 1.94. The SMILES string of the molecule is CN(Cc1ccc(OCC(=O)O)c(-c2cc(C(F)(F)F)ccc2Cl)c1)Sc1ccc(F)cc1. The number of carboxylic acid groups (broad SMARTS) is 1. The molecule has 0 saturated heterocycles. The normalized spacial score (nSPS) is 11.6. The van der Waals surface area contributed by atoms with Gasteiger partial charge >= 0.3 is 12.1 Å². The lowest BCUT2D eigenvalue weighted by atomic mass is 9.99. The molecular formula is C23H18ClF4NO3S. The minimum Gasteiger partial charge on any atom is -0.481 e. The van der Waals surface area contributed by atoms with Gasteiger partial charge in [0.25, 0.3) is 0 Å². The van der Waals surface area contributed by atoms with Crippen LogP contribution in [0.1, 0.15) is 11.1 Å². The minimum atomic E-state index is -4.58. The molecular weight excluding hydrogens is 482 g/mol. The van der Waals surface area contributed by atoms with E-state index in [1.165, 1.54) is 30.1 Å². The summed E-state index contributed by atoms with van der Waals surface area (Å²) in [7, 11) is 1.81. The average molecular weight is 500 g/mol. The van der Waals surface area contributed by atoms with Gasteiger partial charge < -0.3 is 9.84 Å². The van der Waals surface area contributed by atoms with Gasteiger partial charge in [0.15, 0.2) is 6.61 Å². The summed E-state index contributed by atoms with van der Waals surface area (Å²) >= 11 is 7.57. The lowest BCUT2D eigenvalue weighted by molar-refractivity contribution is -0.139. The highest BCUT2D eigenvalue weighted by Crippen LogP contribution is 2.40. The second-order valence-corrected chi connectivity index (χ2v) is 8.72. The highest BCUT2D eigenvalue weighted by atomic mass is 35.5. The summed E-state index contributed by atoms with van der Waals surface area (Å²) in [6, 6.07) is 13.7. The van der Waals surface area contributed by atoms with Gasteiger partial charge in [-0.1, -0.05) is 17.7 Å². The molecule has 1 N–H and O–H groups in total. The van der Waals surface area contributed by atoms with Crippen LogP contribution in [0.15, 0.2) is 65.6 Å². The molecule has 0 fully saturated rings. The van der Waals surface area contributed by atoms with Crippen LogP contribution in [-0.2, 0) is 17.5 Å². The van der Waals surface area contributed by atoms with E-state index in [1.54, 1.807) is 31.3 Å². The zero-order chi connectivity index (χ0) is 24.2. The Kier molecular flexibility index (Phi) is 7.88. The van der Waals surface area contributed by atoms with Crippen LogP contribution in [0.2, 0.25) is 5.02 Å². The van der Waals surface area contributed by atoms with Crippen LogP contribution < -0.4 is 4.74 Å². The molecule has 33 heavy (non-hydrogen) atoms. The molecule has 0 heterocycles.